The predicted octanol–water partition coefficient (Wildman–Crippen LogP) is 2.65. The summed E-state index contributed by atoms with van der Waals surface area (Å²) >= 11 is 1.56. The lowest BCUT2D eigenvalue weighted by Crippen LogP contribution is -2.48. The third-order valence-corrected chi connectivity index (χ3v) is 5.88. The molecule has 1 amide bonds. The first-order valence-corrected chi connectivity index (χ1v) is 10.1. The van der Waals surface area contributed by atoms with Crippen molar-refractivity contribution in [1.29, 1.82) is 0 Å². The molecule has 1 saturated heterocycles. The second-order valence-electron chi connectivity index (χ2n) is 6.74. The van der Waals surface area contributed by atoms with Crippen molar-refractivity contribution in [2.24, 2.45) is 0 Å². The van der Waals surface area contributed by atoms with Crippen LogP contribution in [0.5, 0.6) is 0 Å². The number of thiophene rings is 1. The molecule has 0 radical (unpaired) electrons. The van der Waals surface area contributed by atoms with Gasteiger partial charge < -0.3 is 14.4 Å². The highest BCUT2D eigenvalue weighted by Crippen LogP contribution is 2.26. The molecule has 1 fully saturated rings. The Kier molecular flexibility index (Phi) is 6.28. The van der Waals surface area contributed by atoms with Crippen LogP contribution in [0.4, 0.5) is 0 Å². The molecule has 8 heteroatoms. The SMILES string of the molecule is CCN(CC(=O)O)C1CCN(C(=O)Cc2nc(-c3cccs3)oc2C)CC1. The molecular formula is C19H25N3O4S. The predicted molar refractivity (Wildman–Crippen MR) is 103 cm³/mol. The van der Waals surface area contributed by atoms with E-state index in [-0.39, 0.29) is 24.9 Å². The number of hydrogen-bond acceptors (Lipinski definition) is 6. The Balaban J connectivity index is 1.56. The highest BCUT2D eigenvalue weighted by atomic mass is 32.1. The molecular weight excluding hydrogens is 366 g/mol. The van der Waals surface area contributed by atoms with E-state index in [1.54, 1.807) is 11.3 Å². The number of piperidine rings is 1. The maximum Gasteiger partial charge on any atom is 0.317 e. The Bertz CT molecular complexity index is 779. The number of carboxylic acid groups (broad SMARTS) is 1. The molecule has 2 aromatic rings. The van der Waals surface area contributed by atoms with Crippen LogP contribution in [0.1, 0.15) is 31.2 Å². The largest absolute Gasteiger partial charge is 0.480 e. The zero-order valence-electron chi connectivity index (χ0n) is 15.7. The second kappa shape index (κ2) is 8.67. The number of aliphatic carboxylic acids is 1. The number of aromatic nitrogens is 1. The monoisotopic (exact) mass is 391 g/mol. The summed E-state index contributed by atoms with van der Waals surface area (Å²) in [4.78, 5) is 32.9. The fraction of sp³-hybridized carbons (Fsp3) is 0.526. The smallest absolute Gasteiger partial charge is 0.317 e. The molecule has 1 aliphatic heterocycles. The number of carbonyl (C=O) groups excluding carboxylic acids is 1. The molecule has 0 aromatic carbocycles. The summed E-state index contributed by atoms with van der Waals surface area (Å²) in [5, 5.41) is 11.0. The van der Waals surface area contributed by atoms with Crippen molar-refractivity contribution in [2.75, 3.05) is 26.2 Å². The fourth-order valence-electron chi connectivity index (χ4n) is 3.51. The Morgan fingerprint density at radius 3 is 2.74 bits per heavy atom. The van der Waals surface area contributed by atoms with Gasteiger partial charge in [-0.3, -0.25) is 14.5 Å². The van der Waals surface area contributed by atoms with Gasteiger partial charge in [0.05, 0.1) is 23.5 Å². The van der Waals surface area contributed by atoms with Gasteiger partial charge in [0.15, 0.2) is 0 Å². The average Bonchev–Trinajstić information content (AvgIpc) is 3.30. The lowest BCUT2D eigenvalue weighted by atomic mass is 10.0. The molecule has 0 aliphatic carbocycles. The number of carboxylic acids is 1. The van der Waals surface area contributed by atoms with Crippen molar-refractivity contribution in [3.8, 4) is 10.8 Å². The summed E-state index contributed by atoms with van der Waals surface area (Å²) in [6.07, 6.45) is 1.83. The van der Waals surface area contributed by atoms with E-state index in [1.807, 2.05) is 41.2 Å². The molecule has 7 nitrogen and oxygen atoms in total. The van der Waals surface area contributed by atoms with Crippen LogP contribution in [0, 0.1) is 6.92 Å². The van der Waals surface area contributed by atoms with Gasteiger partial charge in [0.25, 0.3) is 0 Å². The van der Waals surface area contributed by atoms with Crippen LogP contribution in [-0.4, -0.2) is 64.0 Å². The van der Waals surface area contributed by atoms with Gasteiger partial charge in [-0.2, -0.15) is 0 Å². The first-order chi connectivity index (χ1) is 13.0. The Morgan fingerprint density at radius 1 is 1.41 bits per heavy atom. The number of aryl methyl sites for hydroxylation is 1. The van der Waals surface area contributed by atoms with Gasteiger partial charge in [0.1, 0.15) is 5.76 Å². The van der Waals surface area contributed by atoms with Gasteiger partial charge in [-0.1, -0.05) is 13.0 Å². The highest BCUT2D eigenvalue weighted by Gasteiger charge is 2.28. The van der Waals surface area contributed by atoms with E-state index in [9.17, 15) is 9.59 Å². The minimum Gasteiger partial charge on any atom is -0.480 e. The standard InChI is InChI=1S/C19H25N3O4S/c1-3-21(12-18(24)25)14-6-8-22(9-7-14)17(23)11-15-13(2)26-19(20-15)16-5-4-10-27-16/h4-5,10,14H,3,6-9,11-12H2,1-2H3,(H,24,25). The quantitative estimate of drug-likeness (QED) is 0.781. The number of amides is 1. The van der Waals surface area contributed by atoms with Gasteiger partial charge in [-0.05, 0) is 37.8 Å². The number of carbonyl (C=O) groups is 2. The molecule has 0 spiro atoms. The van der Waals surface area contributed by atoms with Crippen molar-refractivity contribution in [2.45, 2.75) is 39.2 Å². The van der Waals surface area contributed by atoms with Gasteiger partial charge in [-0.25, -0.2) is 4.98 Å². The van der Waals surface area contributed by atoms with Crippen molar-refractivity contribution >= 4 is 23.2 Å². The molecule has 0 saturated carbocycles. The summed E-state index contributed by atoms with van der Waals surface area (Å²) in [7, 11) is 0. The fourth-order valence-corrected chi connectivity index (χ4v) is 4.15. The Labute approximate surface area is 162 Å². The normalized spacial score (nSPS) is 15.4. The zero-order valence-corrected chi connectivity index (χ0v) is 16.5. The molecule has 146 valence electrons. The van der Waals surface area contributed by atoms with Gasteiger partial charge in [0.2, 0.25) is 11.8 Å². The number of likely N-dealkylation sites (tertiary alicyclic amines) is 1. The summed E-state index contributed by atoms with van der Waals surface area (Å²) in [5.41, 5.74) is 0.687. The van der Waals surface area contributed by atoms with E-state index >= 15 is 0 Å². The molecule has 1 N–H and O–H groups in total. The lowest BCUT2D eigenvalue weighted by molar-refractivity contribution is -0.140. The van der Waals surface area contributed by atoms with E-state index in [0.29, 0.717) is 37.0 Å². The Morgan fingerprint density at radius 2 is 2.15 bits per heavy atom. The number of likely N-dealkylation sites (N-methyl/N-ethyl adjacent to an activating group) is 1. The third-order valence-electron chi connectivity index (χ3n) is 5.02. The molecule has 27 heavy (non-hydrogen) atoms. The van der Waals surface area contributed by atoms with Crippen LogP contribution >= 0.6 is 11.3 Å². The Hall–Kier alpha value is -2.19. The zero-order chi connectivity index (χ0) is 19.4. The second-order valence-corrected chi connectivity index (χ2v) is 7.69. The van der Waals surface area contributed by atoms with Crippen LogP contribution in [-0.2, 0) is 16.0 Å². The minimum atomic E-state index is -0.807. The molecule has 3 rings (SSSR count). The maximum atomic E-state index is 12.7. The van der Waals surface area contributed by atoms with Crippen molar-refractivity contribution in [3.63, 3.8) is 0 Å². The summed E-state index contributed by atoms with van der Waals surface area (Å²) in [6, 6.07) is 4.11. The first-order valence-electron chi connectivity index (χ1n) is 9.21. The molecule has 0 unspecified atom stereocenters. The van der Waals surface area contributed by atoms with Crippen LogP contribution in [0.15, 0.2) is 21.9 Å². The summed E-state index contributed by atoms with van der Waals surface area (Å²) in [6.45, 7) is 5.86. The van der Waals surface area contributed by atoms with Crippen LogP contribution < -0.4 is 0 Å². The van der Waals surface area contributed by atoms with E-state index in [0.717, 1.165) is 17.7 Å². The lowest BCUT2D eigenvalue weighted by Gasteiger charge is -2.37. The average molecular weight is 391 g/mol. The van der Waals surface area contributed by atoms with Gasteiger partial charge in [-0.15, -0.1) is 11.3 Å². The van der Waals surface area contributed by atoms with Crippen molar-refractivity contribution in [1.82, 2.24) is 14.8 Å². The van der Waals surface area contributed by atoms with Gasteiger partial charge >= 0.3 is 5.97 Å². The molecule has 0 bridgehead atoms. The topological polar surface area (TPSA) is 86.9 Å². The van der Waals surface area contributed by atoms with E-state index < -0.39 is 5.97 Å². The van der Waals surface area contributed by atoms with Crippen molar-refractivity contribution < 1.29 is 19.1 Å². The van der Waals surface area contributed by atoms with Crippen LogP contribution in [0.2, 0.25) is 0 Å². The molecule has 2 aromatic heterocycles. The highest BCUT2D eigenvalue weighted by molar-refractivity contribution is 7.13. The van der Waals surface area contributed by atoms with Crippen LogP contribution in [0.3, 0.4) is 0 Å². The third kappa shape index (κ3) is 4.75. The molecule has 3 heterocycles. The minimum absolute atomic E-state index is 0.0452. The van der Waals surface area contributed by atoms with E-state index in [2.05, 4.69) is 4.98 Å². The first kappa shape index (κ1) is 19.6. The molecule has 0 atom stereocenters. The summed E-state index contributed by atoms with van der Waals surface area (Å²) in [5.74, 6) is 0.485. The maximum absolute atomic E-state index is 12.7. The number of hydrogen-bond donors (Lipinski definition) is 1. The molecule has 1 aliphatic rings. The van der Waals surface area contributed by atoms with E-state index in [1.165, 1.54) is 0 Å². The van der Waals surface area contributed by atoms with E-state index in [4.69, 9.17) is 9.52 Å². The summed E-state index contributed by atoms with van der Waals surface area (Å²) < 4.78 is 5.71. The number of nitrogens with zero attached hydrogens (tertiary/aromatic N) is 3. The van der Waals surface area contributed by atoms with Crippen molar-refractivity contribution in [3.05, 3.63) is 29.0 Å². The number of rotatable bonds is 7. The number of oxazole rings is 1. The van der Waals surface area contributed by atoms with Crippen LogP contribution in [0.25, 0.3) is 10.8 Å². The van der Waals surface area contributed by atoms with Gasteiger partial charge in [0, 0.05) is 19.1 Å².